The number of nitrogens with one attached hydrogen (secondary N) is 2. The molecule has 216 valence electrons. The molecule has 40 heavy (non-hydrogen) atoms. The lowest BCUT2D eigenvalue weighted by molar-refractivity contribution is 0.262. The number of nitrogens with zero attached hydrogens (tertiary/aromatic N) is 6. The summed E-state index contributed by atoms with van der Waals surface area (Å²) in [6.45, 7) is 11.3. The number of anilines is 4. The van der Waals surface area contributed by atoms with Crippen LogP contribution in [0, 0.1) is 13.8 Å². The fourth-order valence-electron chi connectivity index (χ4n) is 4.55. The predicted molar refractivity (Wildman–Crippen MR) is 169 cm³/mol. The van der Waals surface area contributed by atoms with Gasteiger partial charge in [0.1, 0.15) is 11.3 Å². The highest BCUT2D eigenvalue weighted by atomic mass is 35.5. The fraction of sp³-hybridized carbons (Fsp3) is 0.320. The third-order valence-electron chi connectivity index (χ3n) is 6.24. The van der Waals surface area contributed by atoms with E-state index >= 15 is 0 Å². The molecule has 2 aliphatic rings. The minimum atomic E-state index is -0.760. The zero-order valence-corrected chi connectivity index (χ0v) is 24.8. The van der Waals surface area contributed by atoms with E-state index in [2.05, 4.69) is 30.6 Å². The molecule has 0 saturated heterocycles. The van der Waals surface area contributed by atoms with E-state index < -0.39 is 17.4 Å². The Hall–Kier alpha value is -4.23. The van der Waals surface area contributed by atoms with Gasteiger partial charge in [-0.3, -0.25) is 9.80 Å². The number of aliphatic imine (C=N–C) groups is 4. The van der Waals surface area contributed by atoms with Gasteiger partial charge in [-0.05, 0) is 76.9 Å². The van der Waals surface area contributed by atoms with Gasteiger partial charge in [-0.2, -0.15) is 9.98 Å². The van der Waals surface area contributed by atoms with Gasteiger partial charge in [0.05, 0.1) is 0 Å². The molecule has 0 aromatic heterocycles. The average molecular weight is 592 g/mol. The number of guanidine groups is 4. The van der Waals surface area contributed by atoms with Gasteiger partial charge >= 0.3 is 6.03 Å². The number of carbonyl (C=O) groups excluding carboxylic acids is 1. The number of hydrogen-bond donors (Lipinski definition) is 6. The van der Waals surface area contributed by atoms with Gasteiger partial charge in [0.2, 0.25) is 23.8 Å². The van der Waals surface area contributed by atoms with Crippen molar-refractivity contribution >= 4 is 77.4 Å². The van der Waals surface area contributed by atoms with Gasteiger partial charge in [0, 0.05) is 22.7 Å². The maximum atomic E-state index is 13.1. The van der Waals surface area contributed by atoms with E-state index in [4.69, 9.17) is 22.9 Å². The van der Waals surface area contributed by atoms with E-state index in [1.54, 1.807) is 9.80 Å². The molecule has 10 N–H and O–H groups in total. The summed E-state index contributed by atoms with van der Waals surface area (Å²) in [6.07, 6.45) is 0. The molecular weight excluding hydrogens is 555 g/mol. The maximum Gasteiger partial charge on any atom is 0.323 e. The van der Waals surface area contributed by atoms with Crippen LogP contribution in [0.15, 0.2) is 56.4 Å². The number of urea groups is 1. The minimum absolute atomic E-state index is 0. The Morgan fingerprint density at radius 2 is 1.05 bits per heavy atom. The fourth-order valence-corrected chi connectivity index (χ4v) is 4.55. The summed E-state index contributed by atoms with van der Waals surface area (Å²) in [6, 6.07) is 10.7. The Balaban J connectivity index is 0.00000280. The van der Waals surface area contributed by atoms with Crippen molar-refractivity contribution in [3.8, 4) is 0 Å². The molecule has 4 rings (SSSR count). The SMILES string of the molecule is Cc1ccc(N2C(N)=NC(N)=NC2(C)C)cc1NC(=O)Nc1cc(N2C(N)=NC(N)=NC2(C)C)ccc1C.Cl.Cl. The molecule has 0 spiro atoms. The highest BCUT2D eigenvalue weighted by molar-refractivity contribution is 6.08. The third kappa shape index (κ3) is 6.32. The maximum absolute atomic E-state index is 13.1. The first kappa shape index (κ1) is 32.0. The number of halogens is 2. The highest BCUT2D eigenvalue weighted by Crippen LogP contribution is 2.32. The lowest BCUT2D eigenvalue weighted by atomic mass is 10.1. The molecule has 0 unspecified atom stereocenters. The van der Waals surface area contributed by atoms with Crippen molar-refractivity contribution < 1.29 is 4.79 Å². The van der Waals surface area contributed by atoms with Crippen LogP contribution in [0.3, 0.4) is 0 Å². The highest BCUT2D eigenvalue weighted by Gasteiger charge is 2.34. The van der Waals surface area contributed by atoms with E-state index in [1.165, 1.54) is 0 Å². The lowest BCUT2D eigenvalue weighted by Gasteiger charge is -2.38. The number of benzene rings is 2. The van der Waals surface area contributed by atoms with Crippen LogP contribution in [0.4, 0.5) is 27.5 Å². The van der Waals surface area contributed by atoms with E-state index in [9.17, 15) is 4.79 Å². The summed E-state index contributed by atoms with van der Waals surface area (Å²) >= 11 is 0. The molecule has 15 heteroatoms. The van der Waals surface area contributed by atoms with Crippen LogP contribution < -0.4 is 43.4 Å². The van der Waals surface area contributed by atoms with Crippen molar-refractivity contribution in [2.75, 3.05) is 20.4 Å². The van der Waals surface area contributed by atoms with Crippen LogP contribution in [-0.2, 0) is 0 Å². The number of carbonyl (C=O) groups is 1. The summed E-state index contributed by atoms with van der Waals surface area (Å²) in [5, 5.41) is 5.86. The second-order valence-corrected chi connectivity index (χ2v) is 10.1. The Morgan fingerprint density at radius 1 is 0.700 bits per heavy atom. The predicted octanol–water partition coefficient (Wildman–Crippen LogP) is 3.16. The second-order valence-electron chi connectivity index (χ2n) is 10.1. The molecule has 0 aliphatic carbocycles. The van der Waals surface area contributed by atoms with Gasteiger partial charge in [-0.15, -0.1) is 24.8 Å². The van der Waals surface area contributed by atoms with Crippen molar-refractivity contribution in [1.29, 1.82) is 0 Å². The van der Waals surface area contributed by atoms with Gasteiger partial charge in [-0.1, -0.05) is 12.1 Å². The van der Waals surface area contributed by atoms with Gasteiger partial charge < -0.3 is 33.6 Å². The molecule has 0 radical (unpaired) electrons. The quantitative estimate of drug-likeness (QED) is 0.313. The van der Waals surface area contributed by atoms with Crippen LogP contribution in [0.1, 0.15) is 38.8 Å². The van der Waals surface area contributed by atoms with Crippen molar-refractivity contribution in [2.45, 2.75) is 52.9 Å². The average Bonchev–Trinajstić information content (AvgIpc) is 2.75. The zero-order chi connectivity index (χ0) is 28.0. The number of amides is 2. The summed E-state index contributed by atoms with van der Waals surface area (Å²) < 4.78 is 0. The monoisotopic (exact) mass is 590 g/mol. The third-order valence-corrected chi connectivity index (χ3v) is 6.24. The molecule has 0 bridgehead atoms. The van der Waals surface area contributed by atoms with Crippen molar-refractivity contribution in [1.82, 2.24) is 0 Å². The van der Waals surface area contributed by atoms with E-state index in [1.807, 2.05) is 77.9 Å². The Labute approximate surface area is 245 Å². The van der Waals surface area contributed by atoms with E-state index in [-0.39, 0.29) is 48.7 Å². The standard InChI is InChI=1S/C25H34N12O.2ClH/c1-13-7-9-15(36-21(28)32-19(26)34-24(36,3)4)11-17(13)30-23(38)31-18-12-16(10-8-14(18)2)37-22(29)33-20(27)35-25(37,5)6;;/h7-12H,1-6H3,(H2,30,31,38)(H4,26,28,32,34)(H4,27,29,33,35);2*1H. The number of hydrogen-bond acceptors (Lipinski definition) is 11. The first-order valence-corrected chi connectivity index (χ1v) is 12.0. The van der Waals surface area contributed by atoms with Gasteiger partial charge in [-0.25, -0.2) is 14.8 Å². The molecule has 0 fully saturated rings. The minimum Gasteiger partial charge on any atom is -0.369 e. The molecule has 13 nitrogen and oxygen atoms in total. The van der Waals surface area contributed by atoms with Crippen molar-refractivity contribution in [3.05, 3.63) is 47.5 Å². The molecule has 2 aromatic carbocycles. The van der Waals surface area contributed by atoms with Gasteiger partial charge in [0.25, 0.3) is 0 Å². The second kappa shape index (κ2) is 11.5. The van der Waals surface area contributed by atoms with Crippen molar-refractivity contribution in [3.63, 3.8) is 0 Å². The molecule has 2 aromatic rings. The number of nitrogens with two attached hydrogens (primary N) is 4. The first-order chi connectivity index (χ1) is 17.7. The van der Waals surface area contributed by atoms with Crippen LogP contribution in [0.5, 0.6) is 0 Å². The van der Waals surface area contributed by atoms with Crippen LogP contribution in [-0.4, -0.2) is 41.2 Å². The van der Waals surface area contributed by atoms with Crippen LogP contribution in [0.2, 0.25) is 0 Å². The lowest BCUT2D eigenvalue weighted by Crippen LogP contribution is -2.54. The Morgan fingerprint density at radius 3 is 1.38 bits per heavy atom. The molecule has 2 heterocycles. The molecule has 2 amide bonds. The summed E-state index contributed by atoms with van der Waals surface area (Å²) in [7, 11) is 0. The van der Waals surface area contributed by atoms with E-state index in [0.717, 1.165) is 11.1 Å². The number of rotatable bonds is 4. The van der Waals surface area contributed by atoms with Crippen LogP contribution in [0.25, 0.3) is 0 Å². The van der Waals surface area contributed by atoms with Crippen molar-refractivity contribution in [2.24, 2.45) is 42.9 Å². The topological polar surface area (TPSA) is 201 Å². The number of aryl methyl sites for hydroxylation is 2. The normalized spacial score (nSPS) is 17.2. The van der Waals surface area contributed by atoms with Crippen LogP contribution >= 0.6 is 24.8 Å². The zero-order valence-electron chi connectivity index (χ0n) is 23.2. The molecular formula is C25H36Cl2N12O. The Bertz CT molecular complexity index is 1330. The largest absolute Gasteiger partial charge is 0.369 e. The van der Waals surface area contributed by atoms with E-state index in [0.29, 0.717) is 22.7 Å². The molecule has 0 atom stereocenters. The van der Waals surface area contributed by atoms with Gasteiger partial charge in [0.15, 0.2) is 0 Å². The molecule has 2 aliphatic heterocycles. The first-order valence-electron chi connectivity index (χ1n) is 12.0. The summed E-state index contributed by atoms with van der Waals surface area (Å²) in [4.78, 5) is 33.6. The smallest absolute Gasteiger partial charge is 0.323 e. The Kier molecular flexibility index (Phi) is 9.18. The summed E-state index contributed by atoms with van der Waals surface area (Å²) in [5.41, 5.74) is 26.7. The molecule has 0 saturated carbocycles. The summed E-state index contributed by atoms with van der Waals surface area (Å²) in [5.74, 6) is 0.650.